The highest BCUT2D eigenvalue weighted by Crippen LogP contribution is 2.55. The molecule has 0 radical (unpaired) electrons. The first kappa shape index (κ1) is 23.0. The molecule has 2 aliphatic heterocycles. The van der Waals surface area contributed by atoms with Crippen LogP contribution in [-0.4, -0.2) is 0 Å². The quantitative estimate of drug-likeness (QED) is 0.208. The Morgan fingerprint density at radius 1 is 0.622 bits per heavy atom. The van der Waals surface area contributed by atoms with Crippen molar-refractivity contribution in [3.05, 3.63) is 132 Å². The summed E-state index contributed by atoms with van der Waals surface area (Å²) in [6.45, 7) is 4.66. The fraction of sp³-hybridized carbons (Fsp3) is 0.0909. The Balaban J connectivity index is 1.46. The molecule has 0 spiro atoms. The number of fused-ring (bicyclic) bond motifs is 4. The van der Waals surface area contributed by atoms with Gasteiger partial charge in [0.2, 0.25) is 0 Å². The van der Waals surface area contributed by atoms with Gasteiger partial charge in [-0.15, -0.1) is 0 Å². The first-order valence-corrected chi connectivity index (χ1v) is 16.2. The second-order valence-electron chi connectivity index (χ2n) is 10.2. The molecule has 4 heteroatoms. The van der Waals surface area contributed by atoms with E-state index in [1.807, 2.05) is 11.8 Å². The number of para-hydroxylation sites is 2. The molecule has 0 N–H and O–H groups in total. The van der Waals surface area contributed by atoms with Gasteiger partial charge < -0.3 is 4.90 Å². The minimum atomic E-state index is -2.16. The van der Waals surface area contributed by atoms with Crippen molar-refractivity contribution >= 4 is 62.6 Å². The second kappa shape index (κ2) is 8.46. The highest BCUT2D eigenvalue weighted by molar-refractivity contribution is 8.26. The van der Waals surface area contributed by atoms with Gasteiger partial charge in [-0.25, -0.2) is 0 Å². The van der Waals surface area contributed by atoms with Crippen LogP contribution in [0.1, 0.15) is 25.0 Å². The maximum absolute atomic E-state index is 6.67. The molecule has 2 aliphatic rings. The lowest BCUT2D eigenvalue weighted by Crippen LogP contribution is -2.32. The number of hydrogen-bond acceptors (Lipinski definition) is 3. The molecule has 1 nitrogen and oxygen atoms in total. The summed E-state index contributed by atoms with van der Waals surface area (Å²) in [6.07, 6.45) is 0. The van der Waals surface area contributed by atoms with Gasteiger partial charge in [-0.1, -0.05) is 122 Å². The van der Waals surface area contributed by atoms with E-state index in [4.69, 9.17) is 11.8 Å². The van der Waals surface area contributed by atoms with E-state index in [9.17, 15) is 0 Å². The molecule has 0 saturated heterocycles. The van der Waals surface area contributed by atoms with Gasteiger partial charge in [0, 0.05) is 37.5 Å². The number of nitrogens with zero attached hydrogens (tertiary/aromatic N) is 1. The number of hydrogen-bond donors (Lipinski definition) is 0. The zero-order valence-corrected chi connectivity index (χ0v) is 23.3. The average Bonchev–Trinajstić information content (AvgIpc) is 2.94. The van der Waals surface area contributed by atoms with E-state index in [0.717, 1.165) is 0 Å². The minimum Gasteiger partial charge on any atom is -0.310 e. The van der Waals surface area contributed by atoms with Crippen LogP contribution < -0.4 is 20.8 Å². The maximum atomic E-state index is 6.67. The normalized spacial score (nSPS) is 18.8. The van der Waals surface area contributed by atoms with Crippen molar-refractivity contribution < 1.29 is 0 Å². The van der Waals surface area contributed by atoms with Gasteiger partial charge in [-0.05, 0) is 52.8 Å². The van der Waals surface area contributed by atoms with E-state index >= 15 is 0 Å². The molecule has 2 heterocycles. The topological polar surface area (TPSA) is 3.24 Å². The molecule has 37 heavy (non-hydrogen) atoms. The fourth-order valence-electron chi connectivity index (χ4n) is 5.90. The molecular weight excluding hydrogens is 505 g/mol. The van der Waals surface area contributed by atoms with Gasteiger partial charge in [-0.2, -0.15) is 0 Å². The molecule has 0 aromatic heterocycles. The predicted molar refractivity (Wildman–Crippen MR) is 163 cm³/mol. The Kier molecular flexibility index (Phi) is 5.27. The largest absolute Gasteiger partial charge is 0.310 e. The molecule has 1 atom stereocenters. The average molecular weight is 532 g/mol. The van der Waals surface area contributed by atoms with E-state index < -0.39 is 6.04 Å². The third-order valence-electron chi connectivity index (χ3n) is 7.72. The maximum Gasteiger partial charge on any atom is 0.0502 e. The van der Waals surface area contributed by atoms with Crippen molar-refractivity contribution in [3.8, 4) is 0 Å². The highest BCUT2D eigenvalue weighted by atomic mass is 32.4. The van der Waals surface area contributed by atoms with Crippen molar-refractivity contribution in [1.29, 1.82) is 0 Å². The second-order valence-corrected chi connectivity index (χ2v) is 15.6. The van der Waals surface area contributed by atoms with Crippen molar-refractivity contribution in [2.45, 2.75) is 29.1 Å². The van der Waals surface area contributed by atoms with Crippen molar-refractivity contribution in [1.82, 2.24) is 0 Å². The summed E-state index contributed by atoms with van der Waals surface area (Å²) in [4.78, 5) is 4.98. The minimum absolute atomic E-state index is 0.0692. The summed E-state index contributed by atoms with van der Waals surface area (Å²) in [5.41, 5.74) is 6.29. The van der Waals surface area contributed by atoms with Crippen LogP contribution in [0.4, 0.5) is 17.1 Å². The van der Waals surface area contributed by atoms with Crippen LogP contribution in [0.15, 0.2) is 131 Å². The van der Waals surface area contributed by atoms with Crippen LogP contribution in [0.5, 0.6) is 0 Å². The Labute approximate surface area is 228 Å². The van der Waals surface area contributed by atoms with Crippen LogP contribution in [0.3, 0.4) is 0 Å². The smallest absolute Gasteiger partial charge is 0.0502 e. The van der Waals surface area contributed by atoms with Gasteiger partial charge in [-0.3, -0.25) is 0 Å². The molecule has 0 amide bonds. The molecule has 5 aromatic rings. The standard InChI is InChI=1S/C33H26NPS2/c1-33(2)25-14-6-8-16-27(25)34(28-17-9-7-15-26(28)33)23-20-21-30-32(22-23)37-31-19-11-10-18-29(31)35(30,36)24-12-4-3-5-13-24/h3-22H,1-2H3. The summed E-state index contributed by atoms with van der Waals surface area (Å²) in [5, 5.41) is 3.85. The summed E-state index contributed by atoms with van der Waals surface area (Å²) < 4.78 is 0. The molecule has 0 bridgehead atoms. The van der Waals surface area contributed by atoms with E-state index in [1.165, 1.54) is 53.9 Å². The predicted octanol–water partition coefficient (Wildman–Crippen LogP) is 8.02. The molecule has 1 unspecified atom stereocenters. The Morgan fingerprint density at radius 2 is 1.19 bits per heavy atom. The Morgan fingerprint density at radius 3 is 1.89 bits per heavy atom. The van der Waals surface area contributed by atoms with Crippen molar-refractivity contribution in [3.63, 3.8) is 0 Å². The fourth-order valence-corrected chi connectivity index (χ4v) is 12.3. The summed E-state index contributed by atoms with van der Waals surface area (Å²) in [5.74, 6) is 0. The molecule has 5 aromatic carbocycles. The summed E-state index contributed by atoms with van der Waals surface area (Å²) >= 11 is 8.52. The van der Waals surface area contributed by atoms with Crippen LogP contribution >= 0.6 is 17.8 Å². The van der Waals surface area contributed by atoms with Gasteiger partial charge in [0.15, 0.2) is 0 Å². The van der Waals surface area contributed by atoms with E-state index in [1.54, 1.807) is 0 Å². The van der Waals surface area contributed by atoms with Gasteiger partial charge in [0.1, 0.15) is 0 Å². The van der Waals surface area contributed by atoms with Gasteiger partial charge in [0.25, 0.3) is 0 Å². The molecule has 0 fully saturated rings. The molecule has 0 aliphatic carbocycles. The lowest BCUT2D eigenvalue weighted by molar-refractivity contribution is 0.632. The first-order valence-electron chi connectivity index (χ1n) is 12.6. The zero-order valence-electron chi connectivity index (χ0n) is 20.8. The van der Waals surface area contributed by atoms with Gasteiger partial charge in [0.05, 0.1) is 11.4 Å². The molecular formula is C33H26NPS2. The third kappa shape index (κ3) is 3.35. The summed E-state index contributed by atoms with van der Waals surface area (Å²) in [7, 11) is 0. The number of anilines is 3. The lowest BCUT2D eigenvalue weighted by atomic mass is 9.73. The number of benzene rings is 5. The Bertz CT molecular complexity index is 1670. The zero-order chi connectivity index (χ0) is 25.2. The lowest BCUT2D eigenvalue weighted by Gasteiger charge is -2.42. The SMILES string of the molecule is CC1(C)c2ccccc2N(c2ccc3c(c2)Sc2ccccc2P3(=S)c2ccccc2)c2ccccc21. The summed E-state index contributed by atoms with van der Waals surface area (Å²) in [6, 6.07) is 41.9. The number of rotatable bonds is 2. The van der Waals surface area contributed by atoms with Crippen LogP contribution in [0.2, 0.25) is 0 Å². The van der Waals surface area contributed by atoms with Crippen molar-refractivity contribution in [2.75, 3.05) is 4.90 Å². The van der Waals surface area contributed by atoms with Crippen molar-refractivity contribution in [2.24, 2.45) is 0 Å². The van der Waals surface area contributed by atoms with Gasteiger partial charge >= 0.3 is 0 Å². The van der Waals surface area contributed by atoms with E-state index in [-0.39, 0.29) is 5.41 Å². The highest BCUT2D eigenvalue weighted by Gasteiger charge is 2.38. The monoisotopic (exact) mass is 531 g/mol. The van der Waals surface area contributed by atoms with E-state index in [2.05, 4.69) is 140 Å². The van der Waals surface area contributed by atoms with Crippen LogP contribution in [0.25, 0.3) is 0 Å². The van der Waals surface area contributed by atoms with E-state index in [0.29, 0.717) is 0 Å². The third-order valence-corrected chi connectivity index (χ3v) is 14.1. The first-order chi connectivity index (χ1) is 18.0. The molecule has 180 valence electrons. The Hall–Kier alpha value is -3.10. The molecule has 7 rings (SSSR count). The van der Waals surface area contributed by atoms with Crippen LogP contribution in [0, 0.1) is 0 Å². The molecule has 0 saturated carbocycles. The van der Waals surface area contributed by atoms with Crippen LogP contribution in [-0.2, 0) is 17.2 Å².